The highest BCUT2D eigenvalue weighted by Crippen LogP contribution is 2.37. The minimum absolute atomic E-state index is 0.187. The Bertz CT molecular complexity index is 1450. The fourth-order valence-electron chi connectivity index (χ4n) is 4.23. The van der Waals surface area contributed by atoms with Crippen LogP contribution < -0.4 is 10.1 Å². The van der Waals surface area contributed by atoms with E-state index in [1.807, 2.05) is 85.8 Å². The van der Waals surface area contributed by atoms with Crippen molar-refractivity contribution in [3.8, 4) is 5.75 Å². The number of anilines is 1. The summed E-state index contributed by atoms with van der Waals surface area (Å²) in [6.07, 6.45) is 0. The standard InChI is InChI=1S/C29H27BrN4O3S/c1-3-38-29-32-28-31-19(2)25(27(35)37-17-20-8-5-4-6-9-20)26(34(28)33-29)22-12-14-24(15-13-22)36-18-21-10-7-11-23(30)16-21/h4-16,26H,3,17-18H2,1-2H3,(H,31,32,33). The third-order valence-electron chi connectivity index (χ3n) is 6.03. The zero-order chi connectivity index (χ0) is 26.5. The summed E-state index contributed by atoms with van der Waals surface area (Å²) in [6.45, 7) is 4.56. The topological polar surface area (TPSA) is 78.3 Å². The second-order valence-corrected chi connectivity index (χ2v) is 10.9. The van der Waals surface area contributed by atoms with Gasteiger partial charge in [-0.15, -0.1) is 5.10 Å². The second kappa shape index (κ2) is 11.9. The first-order valence-electron chi connectivity index (χ1n) is 12.3. The number of nitrogens with zero attached hydrogens (tertiary/aromatic N) is 3. The summed E-state index contributed by atoms with van der Waals surface area (Å²) in [5.41, 5.74) is 4.06. The summed E-state index contributed by atoms with van der Waals surface area (Å²) in [4.78, 5) is 18.1. The molecular weight excluding hydrogens is 564 g/mol. The van der Waals surface area contributed by atoms with Gasteiger partial charge < -0.3 is 14.8 Å². The molecular formula is C29H27BrN4O3S. The molecule has 1 aromatic heterocycles. The molecule has 0 saturated heterocycles. The van der Waals surface area contributed by atoms with Crippen LogP contribution in [0.2, 0.25) is 0 Å². The number of carbonyl (C=O) groups is 1. The average Bonchev–Trinajstić information content (AvgIpc) is 3.33. The molecule has 0 amide bonds. The van der Waals surface area contributed by atoms with Crippen molar-refractivity contribution in [3.63, 3.8) is 0 Å². The lowest BCUT2D eigenvalue weighted by Crippen LogP contribution is -2.29. The van der Waals surface area contributed by atoms with Gasteiger partial charge in [0.15, 0.2) is 0 Å². The molecule has 0 fully saturated rings. The number of ether oxygens (including phenoxy) is 2. The summed E-state index contributed by atoms with van der Waals surface area (Å²) in [5.74, 6) is 1.77. The van der Waals surface area contributed by atoms with Crippen LogP contribution in [0.1, 0.15) is 36.6 Å². The maximum absolute atomic E-state index is 13.4. The van der Waals surface area contributed by atoms with Crippen molar-refractivity contribution in [2.45, 2.75) is 38.3 Å². The molecule has 3 aromatic carbocycles. The number of carbonyl (C=O) groups excluding carboxylic acids is 1. The highest BCUT2D eigenvalue weighted by Gasteiger charge is 2.35. The molecule has 1 atom stereocenters. The van der Waals surface area contributed by atoms with Crippen LogP contribution in [0.25, 0.3) is 0 Å². The van der Waals surface area contributed by atoms with Crippen LogP contribution in [0.15, 0.2) is 99.8 Å². The summed E-state index contributed by atoms with van der Waals surface area (Å²) < 4.78 is 14.5. The average molecular weight is 592 g/mol. The van der Waals surface area contributed by atoms with E-state index in [1.165, 1.54) is 0 Å². The molecule has 1 N–H and O–H groups in total. The number of hydrogen-bond acceptors (Lipinski definition) is 7. The Morgan fingerprint density at radius 3 is 2.53 bits per heavy atom. The van der Waals surface area contributed by atoms with Crippen molar-refractivity contribution >= 4 is 39.6 Å². The molecule has 0 radical (unpaired) electrons. The normalized spacial score (nSPS) is 14.6. The van der Waals surface area contributed by atoms with Crippen LogP contribution in [0.5, 0.6) is 5.75 Å². The molecule has 0 bridgehead atoms. The van der Waals surface area contributed by atoms with Gasteiger partial charge in [-0.05, 0) is 53.6 Å². The van der Waals surface area contributed by atoms with Crippen molar-refractivity contribution < 1.29 is 14.3 Å². The summed E-state index contributed by atoms with van der Waals surface area (Å²) in [7, 11) is 0. The first-order chi connectivity index (χ1) is 18.5. The van der Waals surface area contributed by atoms with E-state index in [9.17, 15) is 4.79 Å². The van der Waals surface area contributed by atoms with Gasteiger partial charge in [0, 0.05) is 10.2 Å². The Hall–Kier alpha value is -3.56. The van der Waals surface area contributed by atoms with E-state index in [2.05, 4.69) is 33.2 Å². The van der Waals surface area contributed by atoms with E-state index in [0.29, 0.717) is 29.0 Å². The molecule has 0 aliphatic carbocycles. The SMILES string of the molecule is CCSc1nc2n(n1)C(c1ccc(OCc3cccc(Br)c3)cc1)C(C(=O)OCc1ccccc1)=C(C)N2. The van der Waals surface area contributed by atoms with E-state index in [4.69, 9.17) is 14.6 Å². The fourth-order valence-corrected chi connectivity index (χ4v) is 5.24. The summed E-state index contributed by atoms with van der Waals surface area (Å²) in [6, 6.07) is 24.9. The predicted octanol–water partition coefficient (Wildman–Crippen LogP) is 6.76. The van der Waals surface area contributed by atoms with Crippen molar-refractivity contribution in [1.82, 2.24) is 14.8 Å². The van der Waals surface area contributed by atoms with Crippen molar-refractivity contribution in [2.75, 3.05) is 11.1 Å². The lowest BCUT2D eigenvalue weighted by Gasteiger charge is -2.28. The van der Waals surface area contributed by atoms with Gasteiger partial charge in [-0.25, -0.2) is 9.48 Å². The number of halogens is 1. The number of hydrogen-bond donors (Lipinski definition) is 1. The van der Waals surface area contributed by atoms with Gasteiger partial charge in [-0.2, -0.15) is 4.98 Å². The zero-order valence-corrected chi connectivity index (χ0v) is 23.5. The number of nitrogens with one attached hydrogen (secondary N) is 1. The summed E-state index contributed by atoms with van der Waals surface area (Å²) >= 11 is 5.05. The van der Waals surface area contributed by atoms with Crippen molar-refractivity contribution in [2.24, 2.45) is 0 Å². The highest BCUT2D eigenvalue weighted by molar-refractivity contribution is 9.10. The van der Waals surface area contributed by atoms with Gasteiger partial charge >= 0.3 is 5.97 Å². The number of allylic oxidation sites excluding steroid dienone is 1. The zero-order valence-electron chi connectivity index (χ0n) is 21.1. The molecule has 0 spiro atoms. The number of fused-ring (bicyclic) bond motifs is 1. The van der Waals surface area contributed by atoms with Gasteiger partial charge in [0.05, 0.1) is 5.57 Å². The lowest BCUT2D eigenvalue weighted by molar-refractivity contribution is -0.140. The van der Waals surface area contributed by atoms with Gasteiger partial charge in [0.2, 0.25) is 11.1 Å². The molecule has 1 aliphatic rings. The van der Waals surface area contributed by atoms with Gasteiger partial charge in [0.1, 0.15) is 25.0 Å². The Morgan fingerprint density at radius 2 is 1.79 bits per heavy atom. The molecule has 194 valence electrons. The minimum atomic E-state index is -0.493. The largest absolute Gasteiger partial charge is 0.489 e. The van der Waals surface area contributed by atoms with Crippen LogP contribution in [-0.2, 0) is 22.7 Å². The third kappa shape index (κ3) is 5.95. The molecule has 5 rings (SSSR count). The quantitative estimate of drug-likeness (QED) is 0.170. The van der Waals surface area contributed by atoms with Crippen LogP contribution in [0.3, 0.4) is 0 Å². The molecule has 1 aliphatic heterocycles. The Labute approximate surface area is 234 Å². The summed E-state index contributed by atoms with van der Waals surface area (Å²) in [5, 5.41) is 8.62. The first kappa shape index (κ1) is 26.1. The van der Waals surface area contributed by atoms with Crippen LogP contribution in [0.4, 0.5) is 5.95 Å². The maximum Gasteiger partial charge on any atom is 0.338 e. The van der Waals surface area contributed by atoms with Crippen LogP contribution in [0, 0.1) is 0 Å². The number of rotatable bonds is 9. The van der Waals surface area contributed by atoms with E-state index >= 15 is 0 Å². The van der Waals surface area contributed by atoms with E-state index in [-0.39, 0.29) is 6.61 Å². The smallest absolute Gasteiger partial charge is 0.338 e. The molecule has 0 saturated carbocycles. The minimum Gasteiger partial charge on any atom is -0.489 e. The third-order valence-corrected chi connectivity index (χ3v) is 7.24. The number of esters is 1. The maximum atomic E-state index is 13.4. The van der Waals surface area contributed by atoms with Gasteiger partial charge in [0.25, 0.3) is 0 Å². The van der Waals surface area contributed by atoms with E-state index in [1.54, 1.807) is 16.4 Å². The van der Waals surface area contributed by atoms with Gasteiger partial charge in [-0.1, -0.05) is 89.2 Å². The molecule has 4 aromatic rings. The molecule has 38 heavy (non-hydrogen) atoms. The fraction of sp³-hybridized carbons (Fsp3) is 0.207. The number of thioether (sulfide) groups is 1. The van der Waals surface area contributed by atoms with Gasteiger partial charge in [-0.3, -0.25) is 0 Å². The predicted molar refractivity (Wildman–Crippen MR) is 152 cm³/mol. The van der Waals surface area contributed by atoms with E-state index in [0.717, 1.165) is 32.7 Å². The first-order valence-corrected chi connectivity index (χ1v) is 14.0. The number of benzene rings is 3. The van der Waals surface area contributed by atoms with Crippen LogP contribution >= 0.6 is 27.7 Å². The second-order valence-electron chi connectivity index (χ2n) is 8.71. The molecule has 9 heteroatoms. The Kier molecular flexibility index (Phi) is 8.14. The van der Waals surface area contributed by atoms with Crippen molar-refractivity contribution in [1.29, 1.82) is 0 Å². The Morgan fingerprint density at radius 1 is 1.03 bits per heavy atom. The molecule has 1 unspecified atom stereocenters. The molecule has 2 heterocycles. The Balaban J connectivity index is 1.41. The van der Waals surface area contributed by atoms with E-state index < -0.39 is 12.0 Å². The number of aromatic nitrogens is 3. The lowest BCUT2D eigenvalue weighted by atomic mass is 9.95. The molecule has 7 nitrogen and oxygen atoms in total. The highest BCUT2D eigenvalue weighted by atomic mass is 79.9. The van der Waals surface area contributed by atoms with Crippen molar-refractivity contribution in [3.05, 3.63) is 111 Å². The van der Waals surface area contributed by atoms with Crippen LogP contribution in [-0.4, -0.2) is 26.5 Å². The monoisotopic (exact) mass is 590 g/mol.